The molecule has 0 saturated carbocycles. The molecule has 0 radical (unpaired) electrons. The number of hydrogen-bond acceptors (Lipinski definition) is 3. The molecular formula is C11H18N2O2. The maximum Gasteiger partial charge on any atom is 0.354 e. The van der Waals surface area contributed by atoms with Crippen molar-refractivity contribution in [2.45, 2.75) is 25.8 Å². The second-order valence-corrected chi connectivity index (χ2v) is 4.43. The van der Waals surface area contributed by atoms with Crippen LogP contribution >= 0.6 is 0 Å². The first-order chi connectivity index (χ1) is 6.85. The second-order valence-electron chi connectivity index (χ2n) is 4.43. The van der Waals surface area contributed by atoms with Crippen LogP contribution in [0.2, 0.25) is 0 Å². The molecule has 84 valence electrons. The molecular weight excluding hydrogens is 192 g/mol. The average Bonchev–Trinajstić information content (AvgIpc) is 2.45. The van der Waals surface area contributed by atoms with Crippen molar-refractivity contribution in [3.05, 3.63) is 23.5 Å². The van der Waals surface area contributed by atoms with E-state index in [1.54, 1.807) is 6.07 Å². The van der Waals surface area contributed by atoms with Crippen molar-refractivity contribution in [2.75, 3.05) is 7.11 Å². The molecule has 0 atom stereocenters. The minimum atomic E-state index is -0.321. The third kappa shape index (κ3) is 2.83. The Bertz CT molecular complexity index is 361. The summed E-state index contributed by atoms with van der Waals surface area (Å²) in [5.41, 5.74) is 7.23. The van der Waals surface area contributed by atoms with Gasteiger partial charge in [0.05, 0.1) is 7.11 Å². The highest BCUT2D eigenvalue weighted by Gasteiger charge is 2.17. The van der Waals surface area contributed by atoms with Gasteiger partial charge in [-0.05, 0) is 26.0 Å². The summed E-state index contributed by atoms with van der Waals surface area (Å²) in [6.45, 7) is 3.91. The Labute approximate surface area is 90.0 Å². The van der Waals surface area contributed by atoms with E-state index in [1.807, 2.05) is 31.5 Å². The van der Waals surface area contributed by atoms with E-state index < -0.39 is 0 Å². The Balaban J connectivity index is 2.94. The van der Waals surface area contributed by atoms with Gasteiger partial charge in [0.1, 0.15) is 5.69 Å². The molecule has 0 unspecified atom stereocenters. The predicted octanol–water partition coefficient (Wildman–Crippen LogP) is 1.09. The lowest BCUT2D eigenvalue weighted by atomic mass is 10.0. The molecule has 1 aromatic heterocycles. The normalized spacial score (nSPS) is 11.5. The lowest BCUT2D eigenvalue weighted by Gasteiger charge is -2.18. The van der Waals surface area contributed by atoms with Gasteiger partial charge in [0.25, 0.3) is 0 Å². The van der Waals surface area contributed by atoms with Gasteiger partial charge < -0.3 is 15.0 Å². The second kappa shape index (κ2) is 4.06. The monoisotopic (exact) mass is 210 g/mol. The van der Waals surface area contributed by atoms with E-state index >= 15 is 0 Å². The summed E-state index contributed by atoms with van der Waals surface area (Å²) in [7, 11) is 3.22. The predicted molar refractivity (Wildman–Crippen MR) is 58.7 cm³/mol. The molecule has 2 N–H and O–H groups in total. The van der Waals surface area contributed by atoms with Gasteiger partial charge in [-0.3, -0.25) is 0 Å². The van der Waals surface area contributed by atoms with Crippen molar-refractivity contribution >= 4 is 5.97 Å². The van der Waals surface area contributed by atoms with Gasteiger partial charge >= 0.3 is 5.97 Å². The molecule has 0 aliphatic heterocycles. The first-order valence-corrected chi connectivity index (χ1v) is 4.87. The van der Waals surface area contributed by atoms with Gasteiger partial charge in [-0.1, -0.05) is 0 Å². The van der Waals surface area contributed by atoms with Crippen LogP contribution in [0.3, 0.4) is 0 Å². The fourth-order valence-corrected chi connectivity index (χ4v) is 1.51. The van der Waals surface area contributed by atoms with Crippen LogP contribution < -0.4 is 5.73 Å². The van der Waals surface area contributed by atoms with E-state index in [9.17, 15) is 4.79 Å². The number of carbonyl (C=O) groups is 1. The van der Waals surface area contributed by atoms with Crippen molar-refractivity contribution in [1.82, 2.24) is 4.57 Å². The zero-order valence-corrected chi connectivity index (χ0v) is 9.70. The Hall–Kier alpha value is -1.29. The van der Waals surface area contributed by atoms with Crippen molar-refractivity contribution in [1.29, 1.82) is 0 Å². The summed E-state index contributed by atoms with van der Waals surface area (Å²) in [6, 6.07) is 3.66. The molecule has 1 heterocycles. The SMILES string of the molecule is COC(=O)c1ccc(CC(C)(C)N)n1C. The van der Waals surface area contributed by atoms with E-state index in [0.29, 0.717) is 5.69 Å². The number of esters is 1. The quantitative estimate of drug-likeness (QED) is 0.760. The van der Waals surface area contributed by atoms with Crippen LogP contribution in [0.4, 0.5) is 0 Å². The number of hydrogen-bond donors (Lipinski definition) is 1. The Kier molecular flexibility index (Phi) is 3.19. The van der Waals surface area contributed by atoms with Gasteiger partial charge in [-0.15, -0.1) is 0 Å². The summed E-state index contributed by atoms with van der Waals surface area (Å²) < 4.78 is 6.49. The molecule has 0 aliphatic rings. The summed E-state index contributed by atoms with van der Waals surface area (Å²) in [5, 5.41) is 0. The first-order valence-electron chi connectivity index (χ1n) is 4.87. The number of rotatable bonds is 3. The molecule has 4 heteroatoms. The fraction of sp³-hybridized carbons (Fsp3) is 0.545. The third-order valence-corrected chi connectivity index (χ3v) is 2.26. The summed E-state index contributed by atoms with van der Waals surface area (Å²) >= 11 is 0. The fourth-order valence-electron chi connectivity index (χ4n) is 1.51. The standard InChI is InChI=1S/C11H18N2O2/c1-11(2,12)7-8-5-6-9(13(8)3)10(14)15-4/h5-6H,7,12H2,1-4H3. The lowest BCUT2D eigenvalue weighted by molar-refractivity contribution is 0.0589. The van der Waals surface area contributed by atoms with E-state index in [-0.39, 0.29) is 11.5 Å². The van der Waals surface area contributed by atoms with Crippen molar-refractivity contribution < 1.29 is 9.53 Å². The van der Waals surface area contributed by atoms with Crippen LogP contribution in [-0.4, -0.2) is 23.2 Å². The zero-order chi connectivity index (χ0) is 11.6. The molecule has 0 spiro atoms. The van der Waals surface area contributed by atoms with Crippen LogP contribution in [0.5, 0.6) is 0 Å². The molecule has 0 aromatic carbocycles. The van der Waals surface area contributed by atoms with Crippen LogP contribution in [0.25, 0.3) is 0 Å². The number of aromatic nitrogens is 1. The van der Waals surface area contributed by atoms with Crippen molar-refractivity contribution in [3.8, 4) is 0 Å². The molecule has 1 aromatic rings. The summed E-state index contributed by atoms with van der Waals surface area (Å²) in [6.07, 6.45) is 0.723. The van der Waals surface area contributed by atoms with Gasteiger partial charge in [-0.25, -0.2) is 4.79 Å². The highest BCUT2D eigenvalue weighted by atomic mass is 16.5. The first kappa shape index (κ1) is 11.8. The van der Waals surface area contributed by atoms with Crippen molar-refractivity contribution in [3.63, 3.8) is 0 Å². The van der Waals surface area contributed by atoms with Crippen LogP contribution in [-0.2, 0) is 18.2 Å². The smallest absolute Gasteiger partial charge is 0.354 e. The zero-order valence-electron chi connectivity index (χ0n) is 9.70. The topological polar surface area (TPSA) is 57.2 Å². The summed E-state index contributed by atoms with van der Waals surface area (Å²) in [4.78, 5) is 11.3. The van der Waals surface area contributed by atoms with Crippen LogP contribution in [0.15, 0.2) is 12.1 Å². The Morgan fingerprint density at radius 1 is 1.53 bits per heavy atom. The largest absolute Gasteiger partial charge is 0.464 e. The lowest BCUT2D eigenvalue weighted by Crippen LogP contribution is -2.35. The maximum absolute atomic E-state index is 11.3. The van der Waals surface area contributed by atoms with Crippen molar-refractivity contribution in [2.24, 2.45) is 12.8 Å². The highest BCUT2D eigenvalue weighted by molar-refractivity contribution is 5.87. The minimum absolute atomic E-state index is 0.278. The molecule has 0 fully saturated rings. The molecule has 0 aliphatic carbocycles. The van der Waals surface area contributed by atoms with E-state index in [2.05, 4.69) is 4.74 Å². The molecule has 4 nitrogen and oxygen atoms in total. The van der Waals surface area contributed by atoms with Crippen LogP contribution in [0.1, 0.15) is 30.0 Å². The molecule has 1 rings (SSSR count). The number of methoxy groups -OCH3 is 1. The van der Waals surface area contributed by atoms with Gasteiger partial charge in [-0.2, -0.15) is 0 Å². The highest BCUT2D eigenvalue weighted by Crippen LogP contribution is 2.14. The summed E-state index contributed by atoms with van der Waals surface area (Å²) in [5.74, 6) is -0.321. The van der Waals surface area contributed by atoms with Crippen LogP contribution in [0, 0.1) is 0 Å². The third-order valence-electron chi connectivity index (χ3n) is 2.26. The van der Waals surface area contributed by atoms with Gasteiger partial charge in [0.15, 0.2) is 0 Å². The Morgan fingerprint density at radius 2 is 2.13 bits per heavy atom. The minimum Gasteiger partial charge on any atom is -0.464 e. The maximum atomic E-state index is 11.3. The van der Waals surface area contributed by atoms with E-state index in [1.165, 1.54) is 7.11 Å². The molecule has 15 heavy (non-hydrogen) atoms. The number of carbonyl (C=O) groups excluding carboxylic acids is 1. The van der Waals surface area contributed by atoms with Gasteiger partial charge in [0, 0.05) is 24.7 Å². The number of ether oxygens (including phenoxy) is 1. The van der Waals surface area contributed by atoms with E-state index in [0.717, 1.165) is 12.1 Å². The number of nitrogens with two attached hydrogens (primary N) is 1. The average molecular weight is 210 g/mol. The molecule has 0 bridgehead atoms. The Morgan fingerprint density at radius 3 is 2.60 bits per heavy atom. The van der Waals surface area contributed by atoms with Gasteiger partial charge in [0.2, 0.25) is 0 Å². The molecule has 0 amide bonds. The molecule has 0 saturated heterocycles. The van der Waals surface area contributed by atoms with E-state index in [4.69, 9.17) is 5.73 Å². The number of nitrogens with zero attached hydrogens (tertiary/aromatic N) is 1.